The summed E-state index contributed by atoms with van der Waals surface area (Å²) in [6.45, 7) is 3.73. The number of aromatic nitrogens is 1. The van der Waals surface area contributed by atoms with Gasteiger partial charge in [0.2, 0.25) is 5.88 Å². The molecule has 1 aromatic rings. The van der Waals surface area contributed by atoms with Gasteiger partial charge in [-0.1, -0.05) is 13.0 Å². The van der Waals surface area contributed by atoms with Gasteiger partial charge in [-0.3, -0.25) is 4.99 Å². The van der Waals surface area contributed by atoms with Crippen LogP contribution >= 0.6 is 24.0 Å². The van der Waals surface area contributed by atoms with Gasteiger partial charge in [0.25, 0.3) is 0 Å². The maximum absolute atomic E-state index is 5.00. The molecular weight excluding hydrogens is 343 g/mol. The topological polar surface area (TPSA) is 58.5 Å². The summed E-state index contributed by atoms with van der Waals surface area (Å²) < 4.78 is 5.00. The van der Waals surface area contributed by atoms with Gasteiger partial charge in [-0.25, -0.2) is 4.98 Å². The predicted octanol–water partition coefficient (Wildman–Crippen LogP) is 1.78. The fourth-order valence-corrected chi connectivity index (χ4v) is 1.29. The predicted molar refractivity (Wildman–Crippen MR) is 84.7 cm³/mol. The Morgan fingerprint density at radius 1 is 1.39 bits per heavy atom. The summed E-state index contributed by atoms with van der Waals surface area (Å²) >= 11 is 0. The number of hydrogen-bond acceptors (Lipinski definition) is 3. The third-order valence-electron chi connectivity index (χ3n) is 2.23. The van der Waals surface area contributed by atoms with Gasteiger partial charge in [-0.2, -0.15) is 0 Å². The van der Waals surface area contributed by atoms with Crippen molar-refractivity contribution >= 4 is 29.9 Å². The molecule has 0 aliphatic carbocycles. The summed E-state index contributed by atoms with van der Waals surface area (Å²) in [7, 11) is 3.37. The Hall–Kier alpha value is -1.05. The van der Waals surface area contributed by atoms with Crippen molar-refractivity contribution in [1.82, 2.24) is 15.6 Å². The Labute approximate surface area is 125 Å². The Morgan fingerprint density at radius 2 is 2.17 bits per heavy atom. The number of ether oxygens (including phenoxy) is 1. The Morgan fingerprint density at radius 3 is 2.67 bits per heavy atom. The first-order valence-corrected chi connectivity index (χ1v) is 5.73. The highest BCUT2D eigenvalue weighted by atomic mass is 127. The molecule has 0 atom stereocenters. The summed E-state index contributed by atoms with van der Waals surface area (Å²) in [4.78, 5) is 8.26. The van der Waals surface area contributed by atoms with E-state index in [2.05, 4.69) is 27.5 Å². The quantitative estimate of drug-likeness (QED) is 0.475. The van der Waals surface area contributed by atoms with Gasteiger partial charge in [0.05, 0.1) is 7.11 Å². The lowest BCUT2D eigenvalue weighted by Crippen LogP contribution is -2.37. The van der Waals surface area contributed by atoms with Gasteiger partial charge in [-0.15, -0.1) is 24.0 Å². The molecule has 102 valence electrons. The molecule has 18 heavy (non-hydrogen) atoms. The summed E-state index contributed by atoms with van der Waals surface area (Å²) in [5.41, 5.74) is 1.09. The lowest BCUT2D eigenvalue weighted by molar-refractivity contribution is 0.397. The summed E-state index contributed by atoms with van der Waals surface area (Å²) in [5, 5.41) is 6.42. The minimum atomic E-state index is 0. The second-order valence-electron chi connectivity index (χ2n) is 3.56. The summed E-state index contributed by atoms with van der Waals surface area (Å²) in [6, 6.07) is 3.82. The molecule has 0 bridgehead atoms. The normalized spacial score (nSPS) is 10.5. The molecule has 0 saturated heterocycles. The fourth-order valence-electron chi connectivity index (χ4n) is 1.29. The average molecular weight is 364 g/mol. The number of nitrogens with one attached hydrogen (secondary N) is 2. The van der Waals surface area contributed by atoms with Crippen molar-refractivity contribution in [2.24, 2.45) is 4.99 Å². The van der Waals surface area contributed by atoms with Crippen LogP contribution in [0.4, 0.5) is 0 Å². The van der Waals surface area contributed by atoms with Crippen molar-refractivity contribution < 1.29 is 4.74 Å². The molecule has 1 aromatic heterocycles. The fraction of sp³-hybridized carbons (Fsp3) is 0.500. The maximum Gasteiger partial charge on any atom is 0.212 e. The van der Waals surface area contributed by atoms with Gasteiger partial charge >= 0.3 is 0 Å². The molecule has 0 aliphatic heterocycles. The van der Waals surface area contributed by atoms with E-state index in [4.69, 9.17) is 4.74 Å². The SMILES string of the molecule is CCCNC(=NC)NCc1ccc(OC)nc1.I. The van der Waals surface area contributed by atoms with E-state index >= 15 is 0 Å². The number of hydrogen-bond donors (Lipinski definition) is 2. The van der Waals surface area contributed by atoms with Gasteiger partial charge in [-0.05, 0) is 12.0 Å². The van der Waals surface area contributed by atoms with E-state index < -0.39 is 0 Å². The highest BCUT2D eigenvalue weighted by Gasteiger charge is 1.98. The van der Waals surface area contributed by atoms with Crippen LogP contribution in [0.1, 0.15) is 18.9 Å². The molecule has 2 N–H and O–H groups in total. The van der Waals surface area contributed by atoms with Crippen molar-refractivity contribution in [3.05, 3.63) is 23.9 Å². The first-order chi connectivity index (χ1) is 8.30. The first-order valence-electron chi connectivity index (χ1n) is 5.73. The van der Waals surface area contributed by atoms with E-state index in [1.54, 1.807) is 20.4 Å². The average Bonchev–Trinajstić information content (AvgIpc) is 2.39. The highest BCUT2D eigenvalue weighted by Crippen LogP contribution is 2.05. The molecule has 0 unspecified atom stereocenters. The van der Waals surface area contributed by atoms with Crippen molar-refractivity contribution in [2.75, 3.05) is 20.7 Å². The van der Waals surface area contributed by atoms with E-state index in [0.717, 1.165) is 24.5 Å². The summed E-state index contributed by atoms with van der Waals surface area (Å²) in [5.74, 6) is 1.44. The smallest absolute Gasteiger partial charge is 0.212 e. The standard InChI is InChI=1S/C12H20N4O.HI/c1-4-7-14-12(13-2)16-9-10-5-6-11(17-3)15-8-10;/h5-6,8H,4,7,9H2,1-3H3,(H2,13,14,16);1H. The van der Waals surface area contributed by atoms with Crippen LogP contribution in [0.5, 0.6) is 5.88 Å². The molecule has 0 fully saturated rings. The molecular formula is C12H21IN4O. The highest BCUT2D eigenvalue weighted by molar-refractivity contribution is 14.0. The molecule has 0 amide bonds. The molecule has 0 saturated carbocycles. The number of rotatable bonds is 5. The number of guanidine groups is 1. The van der Waals surface area contributed by atoms with Crippen molar-refractivity contribution in [3.8, 4) is 5.88 Å². The van der Waals surface area contributed by atoms with Crippen LogP contribution in [0.25, 0.3) is 0 Å². The zero-order valence-corrected chi connectivity index (χ0v) is 13.4. The van der Waals surface area contributed by atoms with Crippen LogP contribution in [0.2, 0.25) is 0 Å². The van der Waals surface area contributed by atoms with Gasteiger partial charge in [0.1, 0.15) is 0 Å². The molecule has 6 heteroatoms. The minimum absolute atomic E-state index is 0. The largest absolute Gasteiger partial charge is 0.481 e. The molecule has 0 aromatic carbocycles. The Kier molecular flexibility index (Phi) is 9.35. The van der Waals surface area contributed by atoms with Crippen LogP contribution in [0.3, 0.4) is 0 Å². The maximum atomic E-state index is 5.00. The van der Waals surface area contributed by atoms with Gasteiger partial charge < -0.3 is 15.4 Å². The Balaban J connectivity index is 0.00000289. The third-order valence-corrected chi connectivity index (χ3v) is 2.23. The molecule has 0 radical (unpaired) electrons. The van der Waals surface area contributed by atoms with Crippen LogP contribution in [0, 0.1) is 0 Å². The van der Waals surface area contributed by atoms with E-state index in [-0.39, 0.29) is 24.0 Å². The minimum Gasteiger partial charge on any atom is -0.481 e. The molecule has 1 rings (SSSR count). The molecule has 1 heterocycles. The third kappa shape index (κ3) is 6.04. The van der Waals surface area contributed by atoms with Crippen molar-refractivity contribution in [3.63, 3.8) is 0 Å². The van der Waals surface area contributed by atoms with E-state index in [9.17, 15) is 0 Å². The zero-order chi connectivity index (χ0) is 12.5. The molecule has 5 nitrogen and oxygen atoms in total. The number of pyridine rings is 1. The van der Waals surface area contributed by atoms with Crippen LogP contribution < -0.4 is 15.4 Å². The molecule has 0 aliphatic rings. The van der Waals surface area contributed by atoms with E-state index in [1.807, 2.05) is 12.1 Å². The Bertz CT molecular complexity index is 354. The lowest BCUT2D eigenvalue weighted by Gasteiger charge is -2.10. The van der Waals surface area contributed by atoms with Gasteiger partial charge in [0.15, 0.2) is 5.96 Å². The van der Waals surface area contributed by atoms with Gasteiger partial charge in [0, 0.05) is 32.4 Å². The number of methoxy groups -OCH3 is 1. The summed E-state index contributed by atoms with van der Waals surface area (Å²) in [6.07, 6.45) is 2.86. The van der Waals surface area contributed by atoms with Crippen molar-refractivity contribution in [2.45, 2.75) is 19.9 Å². The molecule has 0 spiro atoms. The second kappa shape index (κ2) is 9.93. The first kappa shape index (κ1) is 16.9. The van der Waals surface area contributed by atoms with E-state index in [1.165, 1.54) is 0 Å². The van der Waals surface area contributed by atoms with Crippen molar-refractivity contribution in [1.29, 1.82) is 0 Å². The second-order valence-corrected chi connectivity index (χ2v) is 3.56. The number of nitrogens with zero attached hydrogens (tertiary/aromatic N) is 2. The van der Waals surface area contributed by atoms with Crippen LogP contribution in [0.15, 0.2) is 23.3 Å². The lowest BCUT2D eigenvalue weighted by atomic mass is 10.3. The monoisotopic (exact) mass is 364 g/mol. The van der Waals surface area contributed by atoms with E-state index in [0.29, 0.717) is 12.4 Å². The van der Waals surface area contributed by atoms with Crippen LogP contribution in [-0.4, -0.2) is 31.6 Å². The number of aliphatic imine (C=N–C) groups is 1. The van der Waals surface area contributed by atoms with Crippen LogP contribution in [-0.2, 0) is 6.54 Å². The zero-order valence-electron chi connectivity index (χ0n) is 11.1. The number of halogens is 1.